The van der Waals surface area contributed by atoms with Gasteiger partial charge in [0.1, 0.15) is 4.70 Å². The van der Waals surface area contributed by atoms with Gasteiger partial charge in [0.05, 0.1) is 6.26 Å². The van der Waals surface area contributed by atoms with E-state index < -0.39 is 29.2 Å². The number of amides is 1. The molecule has 0 bridgehead atoms. The molecule has 0 aliphatic rings. The molecule has 12 heteroatoms. The topological polar surface area (TPSA) is 67.1 Å². The van der Waals surface area contributed by atoms with E-state index in [4.69, 9.17) is 0 Å². The lowest BCUT2D eigenvalue weighted by Crippen LogP contribution is -2.47. The summed E-state index contributed by atoms with van der Waals surface area (Å²) in [5.74, 6) is -0.536. The first-order chi connectivity index (χ1) is 10.4. The highest BCUT2D eigenvalue weighted by molar-refractivity contribution is 7.89. The number of hydrogen-bond donors (Lipinski definition) is 1. The van der Waals surface area contributed by atoms with Crippen molar-refractivity contribution in [2.24, 2.45) is 0 Å². The van der Waals surface area contributed by atoms with Crippen LogP contribution in [-0.4, -0.2) is 27.8 Å². The Hall–Kier alpha value is -1.69. The average molecular weight is 372 g/mol. The van der Waals surface area contributed by atoms with Gasteiger partial charge in [0, 0.05) is 13.0 Å². The van der Waals surface area contributed by atoms with Crippen LogP contribution in [-0.2, 0) is 14.8 Å². The number of nitrogens with one attached hydrogen (secondary N) is 1. The molecule has 1 atom stereocenters. The molecule has 2 rings (SSSR count). The second-order valence-corrected chi connectivity index (χ2v) is 7.14. The summed E-state index contributed by atoms with van der Waals surface area (Å²) in [6.45, 7) is 1.67. The van der Waals surface area contributed by atoms with Gasteiger partial charge in [-0.25, -0.2) is 13.1 Å². The van der Waals surface area contributed by atoms with E-state index in [1.807, 2.05) is 34.5 Å². The van der Waals surface area contributed by atoms with Crippen LogP contribution in [0.5, 0.6) is 0 Å². The minimum absolute atomic E-state index is 0.536. The maximum Gasteiger partial charge on any atom is 0.673 e. The normalized spacial score (nSPS) is 13.1. The number of benzene rings is 1. The van der Waals surface area contributed by atoms with Crippen LogP contribution in [0.4, 0.5) is 17.3 Å². The van der Waals surface area contributed by atoms with E-state index >= 15 is 0 Å². The summed E-state index contributed by atoms with van der Waals surface area (Å²) in [4.78, 5) is 11.8. The third-order valence-corrected chi connectivity index (χ3v) is 4.02. The lowest BCUT2D eigenvalue weighted by Gasteiger charge is -2.05. The first-order valence-corrected chi connectivity index (χ1v) is 8.92. The monoisotopic (exact) mass is 372 g/mol. The summed E-state index contributed by atoms with van der Waals surface area (Å²) in [7, 11) is -9.52. The zero-order valence-electron chi connectivity index (χ0n) is 12.0. The Kier molecular flexibility index (Phi) is 6.11. The molecule has 1 heterocycles. The summed E-state index contributed by atoms with van der Waals surface area (Å²) in [5.41, 5.74) is 2.73. The summed E-state index contributed by atoms with van der Waals surface area (Å²) >= 11 is 1.51. The molecule has 0 aliphatic heterocycles. The van der Waals surface area contributed by atoms with Gasteiger partial charge in [-0.2, -0.15) is 4.57 Å². The van der Waals surface area contributed by atoms with Gasteiger partial charge in [0.2, 0.25) is 27.1 Å². The van der Waals surface area contributed by atoms with Crippen LogP contribution >= 0.6 is 11.3 Å². The van der Waals surface area contributed by atoms with E-state index in [0.29, 0.717) is 0 Å². The van der Waals surface area contributed by atoms with Crippen LogP contribution in [0.3, 0.4) is 0 Å². The number of aromatic nitrogens is 1. The molecule has 1 amide bonds. The molecule has 0 fully saturated rings. The molecular weight excluding hydrogens is 359 g/mol. The minimum atomic E-state index is -6.00. The summed E-state index contributed by atoms with van der Waals surface area (Å²) in [6, 6.07) is 7.08. The number of thiazole rings is 1. The molecule has 1 aromatic heterocycles. The smallest absolute Gasteiger partial charge is 0.418 e. The third-order valence-electron chi connectivity index (χ3n) is 2.52. The number of carbonyl (C=O) groups is 1. The highest BCUT2D eigenvalue weighted by Crippen LogP contribution is 2.17. The number of carbonyl (C=O) groups excluding carboxylic acids is 1. The van der Waals surface area contributed by atoms with E-state index in [-0.39, 0.29) is 0 Å². The van der Waals surface area contributed by atoms with Crippen molar-refractivity contribution >= 4 is 44.7 Å². The van der Waals surface area contributed by atoms with E-state index in [0.717, 1.165) is 16.5 Å². The number of hydrogen-bond acceptors (Lipinski definition) is 4. The Bertz CT molecular complexity index is 786. The number of para-hydroxylation sites is 1. The molecule has 1 aromatic carbocycles. The van der Waals surface area contributed by atoms with E-state index in [9.17, 15) is 30.5 Å². The third kappa shape index (κ3) is 6.95. The maximum atomic E-state index is 11.8. The highest BCUT2D eigenvalue weighted by atomic mass is 32.2. The first kappa shape index (κ1) is 19.4. The second kappa shape index (κ2) is 7.26. The second-order valence-electron chi connectivity index (χ2n) is 4.51. The van der Waals surface area contributed by atoms with Gasteiger partial charge in [-0.05, 0) is 6.07 Å². The van der Waals surface area contributed by atoms with Crippen LogP contribution in [0.25, 0.3) is 10.2 Å². The molecule has 2 aromatic rings. The van der Waals surface area contributed by atoms with Crippen molar-refractivity contribution in [3.05, 3.63) is 29.8 Å². The lowest BCUT2D eigenvalue weighted by atomic mass is 10.3. The van der Waals surface area contributed by atoms with Crippen LogP contribution in [0, 0.1) is 0 Å². The molecule has 0 saturated carbocycles. The highest BCUT2D eigenvalue weighted by Gasteiger charge is 2.27. The quantitative estimate of drug-likeness (QED) is 0.510. The fourth-order valence-corrected chi connectivity index (χ4v) is 3.15. The summed E-state index contributed by atoms with van der Waals surface area (Å²) in [6.07, 6.45) is 0.966. The predicted molar refractivity (Wildman–Crippen MR) is 79.9 cm³/mol. The Morgan fingerprint density at radius 1 is 1.26 bits per heavy atom. The van der Waals surface area contributed by atoms with Crippen molar-refractivity contribution in [2.75, 3.05) is 6.26 Å². The van der Waals surface area contributed by atoms with Gasteiger partial charge in [-0.3, -0.25) is 4.79 Å². The Balaban J connectivity index is 0.000000463. The minimum Gasteiger partial charge on any atom is -0.418 e. The SMILES string of the molecule is CC(C(=O)NS(C)(=O)=O)[n+]1csc2ccccc21.F[B-](F)(F)F. The fraction of sp³-hybridized carbons (Fsp3) is 0.273. The predicted octanol–water partition coefficient (Wildman–Crippen LogP) is 2.13. The molecular formula is C11H13BF4N2O3S2. The maximum absolute atomic E-state index is 11.8. The molecule has 0 radical (unpaired) electrons. The van der Waals surface area contributed by atoms with Gasteiger partial charge in [-0.1, -0.05) is 23.5 Å². The van der Waals surface area contributed by atoms with Crippen molar-refractivity contribution in [3.63, 3.8) is 0 Å². The van der Waals surface area contributed by atoms with Crippen molar-refractivity contribution < 1.29 is 35.0 Å². The van der Waals surface area contributed by atoms with Crippen LogP contribution in [0.1, 0.15) is 13.0 Å². The molecule has 1 unspecified atom stereocenters. The largest absolute Gasteiger partial charge is 0.673 e. The Labute approximate surface area is 134 Å². The number of halogens is 4. The molecule has 23 heavy (non-hydrogen) atoms. The molecule has 128 valence electrons. The molecule has 0 saturated heterocycles. The van der Waals surface area contributed by atoms with Crippen molar-refractivity contribution in [3.8, 4) is 0 Å². The fourth-order valence-electron chi connectivity index (χ4n) is 1.63. The Morgan fingerprint density at radius 2 is 1.78 bits per heavy atom. The van der Waals surface area contributed by atoms with Gasteiger partial charge in [-0.15, -0.1) is 0 Å². The van der Waals surface area contributed by atoms with Crippen molar-refractivity contribution in [2.45, 2.75) is 13.0 Å². The molecule has 0 aliphatic carbocycles. The summed E-state index contributed by atoms with van der Waals surface area (Å²) in [5, 5.41) is 0. The van der Waals surface area contributed by atoms with Crippen LogP contribution < -0.4 is 9.29 Å². The molecule has 1 N–H and O–H groups in total. The van der Waals surface area contributed by atoms with Gasteiger partial charge < -0.3 is 17.3 Å². The number of rotatable bonds is 3. The van der Waals surface area contributed by atoms with Gasteiger partial charge in [0.15, 0.2) is 0 Å². The van der Waals surface area contributed by atoms with E-state index in [2.05, 4.69) is 0 Å². The van der Waals surface area contributed by atoms with Crippen molar-refractivity contribution in [1.82, 2.24) is 4.72 Å². The van der Waals surface area contributed by atoms with Crippen LogP contribution in [0.2, 0.25) is 0 Å². The zero-order chi connectivity index (χ0) is 17.8. The molecule has 5 nitrogen and oxygen atoms in total. The number of sulfonamides is 1. The number of fused-ring (bicyclic) bond motifs is 1. The number of nitrogens with zero attached hydrogens (tertiary/aromatic N) is 1. The average Bonchev–Trinajstić information content (AvgIpc) is 2.77. The Morgan fingerprint density at radius 3 is 2.30 bits per heavy atom. The first-order valence-electron chi connectivity index (χ1n) is 6.15. The standard InChI is InChI=1S/C11H12N2O3S2.BF4/c1-8(11(14)12-18(2,15)16)13-7-17-10-6-4-3-5-9(10)13;2-1(3,4)5/h3-8H,1-2H3;/q;-1/p+1. The van der Waals surface area contributed by atoms with E-state index in [1.54, 1.807) is 11.5 Å². The van der Waals surface area contributed by atoms with E-state index in [1.165, 1.54) is 11.3 Å². The van der Waals surface area contributed by atoms with Gasteiger partial charge in [0.25, 0.3) is 0 Å². The molecule has 0 spiro atoms. The zero-order valence-corrected chi connectivity index (χ0v) is 13.7. The van der Waals surface area contributed by atoms with Gasteiger partial charge >= 0.3 is 13.2 Å². The lowest BCUT2D eigenvalue weighted by molar-refractivity contribution is -0.676. The van der Waals surface area contributed by atoms with Crippen molar-refractivity contribution in [1.29, 1.82) is 0 Å². The summed E-state index contributed by atoms with van der Waals surface area (Å²) < 4.78 is 65.9. The van der Waals surface area contributed by atoms with Crippen LogP contribution in [0.15, 0.2) is 29.8 Å².